The predicted molar refractivity (Wildman–Crippen MR) is 50.3 cm³/mol. The Labute approximate surface area is 81.9 Å². The Morgan fingerprint density at radius 3 is 2.71 bits per heavy atom. The minimum Gasteiger partial charge on any atom is -0.347 e. The monoisotopic (exact) mass is 195 g/mol. The van der Waals surface area contributed by atoms with Crippen molar-refractivity contribution >= 4 is 11.8 Å². The van der Waals surface area contributed by atoms with Gasteiger partial charge in [-0.3, -0.25) is 9.59 Å². The highest BCUT2D eigenvalue weighted by molar-refractivity contribution is 5.81. The number of carbonyl (C=O) groups excluding carboxylic acids is 2. The molecule has 5 nitrogen and oxygen atoms in total. The first-order valence-electron chi connectivity index (χ1n) is 4.74. The molecule has 1 atom stereocenters. The lowest BCUT2D eigenvalue weighted by atomic mass is 9.99. The normalized spacial score (nSPS) is 27.7. The van der Waals surface area contributed by atoms with Crippen LogP contribution in [0.3, 0.4) is 0 Å². The zero-order valence-corrected chi connectivity index (χ0v) is 7.80. The molecule has 0 aromatic carbocycles. The highest BCUT2D eigenvalue weighted by atomic mass is 16.2. The Morgan fingerprint density at radius 1 is 1.21 bits per heavy atom. The van der Waals surface area contributed by atoms with Crippen LogP contribution >= 0.6 is 0 Å². The first-order valence-corrected chi connectivity index (χ1v) is 4.74. The average molecular weight is 195 g/mol. The van der Waals surface area contributed by atoms with Crippen molar-refractivity contribution in [2.24, 2.45) is 0 Å². The van der Waals surface area contributed by atoms with Gasteiger partial charge in [-0.25, -0.2) is 0 Å². The van der Waals surface area contributed by atoms with E-state index in [1.807, 2.05) is 0 Å². The first kappa shape index (κ1) is 9.21. The fourth-order valence-corrected chi connectivity index (χ4v) is 1.70. The molecule has 2 rings (SSSR count). The summed E-state index contributed by atoms with van der Waals surface area (Å²) in [5.74, 6) is 0.0582. The number of hydrogen-bond donors (Lipinski definition) is 3. The van der Waals surface area contributed by atoms with E-state index < -0.39 is 0 Å². The summed E-state index contributed by atoms with van der Waals surface area (Å²) in [7, 11) is 0. The quantitative estimate of drug-likeness (QED) is 0.496. The van der Waals surface area contributed by atoms with Crippen molar-refractivity contribution in [1.29, 1.82) is 0 Å². The number of nitrogens with one attached hydrogen (secondary N) is 3. The minimum atomic E-state index is 0.0130. The van der Waals surface area contributed by atoms with Gasteiger partial charge in [-0.15, -0.1) is 0 Å². The van der Waals surface area contributed by atoms with E-state index in [0.717, 1.165) is 18.5 Å². The van der Waals surface area contributed by atoms with E-state index in [9.17, 15) is 9.59 Å². The van der Waals surface area contributed by atoms with Gasteiger partial charge in [-0.2, -0.15) is 0 Å². The molecule has 2 amide bonds. The molecule has 76 valence electrons. The van der Waals surface area contributed by atoms with E-state index in [0.29, 0.717) is 13.0 Å². The fourth-order valence-electron chi connectivity index (χ4n) is 1.70. The molecule has 3 N–H and O–H groups in total. The topological polar surface area (TPSA) is 70.2 Å². The van der Waals surface area contributed by atoms with Crippen LogP contribution in [0.4, 0.5) is 0 Å². The molecule has 5 heteroatoms. The molecule has 0 aromatic heterocycles. The van der Waals surface area contributed by atoms with Gasteiger partial charge in [0.1, 0.15) is 0 Å². The molecular weight excluding hydrogens is 182 g/mol. The predicted octanol–water partition coefficient (Wildman–Crippen LogP) is -1.13. The van der Waals surface area contributed by atoms with Crippen LogP contribution in [-0.4, -0.2) is 30.9 Å². The summed E-state index contributed by atoms with van der Waals surface area (Å²) in [6.07, 6.45) is 2.96. The fraction of sp³-hybridized carbons (Fsp3) is 0.556. The first-order chi connectivity index (χ1) is 6.75. The number of amides is 2. The van der Waals surface area contributed by atoms with Gasteiger partial charge >= 0.3 is 0 Å². The molecule has 0 radical (unpaired) electrons. The molecule has 2 aliphatic heterocycles. The van der Waals surface area contributed by atoms with Gasteiger partial charge in [0.15, 0.2) is 0 Å². The molecule has 1 fully saturated rings. The highest BCUT2D eigenvalue weighted by Crippen LogP contribution is 2.14. The standard InChI is InChI=1S/C9H13N3O2/c13-8-2-1-6(3-11-8)7-4-10-5-9(14)12-7/h3,7,10H,1-2,4-5H2,(H,11,13)(H,12,14). The summed E-state index contributed by atoms with van der Waals surface area (Å²) in [6.45, 7) is 1.13. The summed E-state index contributed by atoms with van der Waals surface area (Å²) >= 11 is 0. The molecule has 0 aliphatic carbocycles. The smallest absolute Gasteiger partial charge is 0.234 e. The molecule has 2 aliphatic rings. The lowest BCUT2D eigenvalue weighted by Crippen LogP contribution is -2.53. The number of piperazine rings is 1. The highest BCUT2D eigenvalue weighted by Gasteiger charge is 2.23. The average Bonchev–Trinajstić information content (AvgIpc) is 2.19. The lowest BCUT2D eigenvalue weighted by molar-refractivity contribution is -0.121. The number of carbonyl (C=O) groups is 2. The van der Waals surface area contributed by atoms with E-state index >= 15 is 0 Å². The van der Waals surface area contributed by atoms with Crippen molar-refractivity contribution in [1.82, 2.24) is 16.0 Å². The molecule has 14 heavy (non-hydrogen) atoms. The van der Waals surface area contributed by atoms with Crippen LogP contribution in [-0.2, 0) is 9.59 Å². The van der Waals surface area contributed by atoms with Crippen molar-refractivity contribution in [3.63, 3.8) is 0 Å². The van der Waals surface area contributed by atoms with Gasteiger partial charge in [0.05, 0.1) is 12.6 Å². The molecule has 1 saturated heterocycles. The zero-order chi connectivity index (χ0) is 9.97. The molecule has 0 bridgehead atoms. The zero-order valence-electron chi connectivity index (χ0n) is 7.80. The Balaban J connectivity index is 2.00. The molecule has 0 spiro atoms. The van der Waals surface area contributed by atoms with Crippen LogP contribution < -0.4 is 16.0 Å². The van der Waals surface area contributed by atoms with Crippen LogP contribution in [0.2, 0.25) is 0 Å². The summed E-state index contributed by atoms with van der Waals surface area (Å²) in [4.78, 5) is 22.0. The Morgan fingerprint density at radius 2 is 2.07 bits per heavy atom. The van der Waals surface area contributed by atoms with Crippen LogP contribution in [0.5, 0.6) is 0 Å². The second-order valence-corrected chi connectivity index (χ2v) is 3.54. The molecular formula is C9H13N3O2. The lowest BCUT2D eigenvalue weighted by Gasteiger charge is -2.28. The minimum absolute atomic E-state index is 0.0130. The second kappa shape index (κ2) is 3.79. The number of hydrogen-bond acceptors (Lipinski definition) is 3. The molecule has 2 heterocycles. The maximum absolute atomic E-state index is 11.1. The van der Waals surface area contributed by atoms with Crippen molar-refractivity contribution in [3.05, 3.63) is 11.8 Å². The summed E-state index contributed by atoms with van der Waals surface area (Å²) in [6, 6.07) is 0.0387. The van der Waals surface area contributed by atoms with E-state index in [2.05, 4.69) is 16.0 Å². The van der Waals surface area contributed by atoms with Crippen molar-refractivity contribution in [2.75, 3.05) is 13.1 Å². The van der Waals surface area contributed by atoms with E-state index in [1.165, 1.54) is 0 Å². The summed E-state index contributed by atoms with van der Waals surface area (Å²) < 4.78 is 0. The SMILES string of the molecule is O=C1CCC(C2CNCC(=O)N2)=CN1. The van der Waals surface area contributed by atoms with Gasteiger partial charge in [-0.05, 0) is 12.0 Å². The Bertz CT molecular complexity index is 298. The second-order valence-electron chi connectivity index (χ2n) is 3.54. The number of rotatable bonds is 1. The molecule has 0 aromatic rings. The van der Waals surface area contributed by atoms with Gasteiger partial charge in [0.2, 0.25) is 11.8 Å². The van der Waals surface area contributed by atoms with Crippen molar-refractivity contribution < 1.29 is 9.59 Å². The Hall–Kier alpha value is -1.36. The van der Waals surface area contributed by atoms with Gasteiger partial charge in [0, 0.05) is 19.2 Å². The van der Waals surface area contributed by atoms with Gasteiger partial charge < -0.3 is 16.0 Å². The maximum Gasteiger partial charge on any atom is 0.234 e. The van der Waals surface area contributed by atoms with Crippen LogP contribution in [0.1, 0.15) is 12.8 Å². The third-order valence-corrected chi connectivity index (χ3v) is 2.48. The van der Waals surface area contributed by atoms with Crippen LogP contribution in [0.25, 0.3) is 0 Å². The van der Waals surface area contributed by atoms with Gasteiger partial charge in [-0.1, -0.05) is 0 Å². The Kier molecular flexibility index (Phi) is 2.49. The molecule has 1 unspecified atom stereocenters. The van der Waals surface area contributed by atoms with Crippen LogP contribution in [0.15, 0.2) is 11.8 Å². The van der Waals surface area contributed by atoms with Crippen molar-refractivity contribution in [3.8, 4) is 0 Å². The van der Waals surface area contributed by atoms with E-state index in [-0.39, 0.29) is 17.9 Å². The third kappa shape index (κ3) is 1.93. The third-order valence-electron chi connectivity index (χ3n) is 2.48. The largest absolute Gasteiger partial charge is 0.347 e. The van der Waals surface area contributed by atoms with E-state index in [4.69, 9.17) is 0 Å². The van der Waals surface area contributed by atoms with Crippen molar-refractivity contribution in [2.45, 2.75) is 18.9 Å². The maximum atomic E-state index is 11.1. The summed E-state index contributed by atoms with van der Waals surface area (Å²) in [5.41, 5.74) is 1.09. The summed E-state index contributed by atoms with van der Waals surface area (Å²) in [5, 5.41) is 8.57. The van der Waals surface area contributed by atoms with Crippen LogP contribution in [0, 0.1) is 0 Å². The van der Waals surface area contributed by atoms with E-state index in [1.54, 1.807) is 6.20 Å². The van der Waals surface area contributed by atoms with Gasteiger partial charge in [0.25, 0.3) is 0 Å². The molecule has 0 saturated carbocycles.